The number of aromatic nitrogens is 2. The Balaban J connectivity index is 2.10. The second-order valence-electron chi connectivity index (χ2n) is 4.53. The summed E-state index contributed by atoms with van der Waals surface area (Å²) >= 11 is 9.41. The largest absolute Gasteiger partial charge is 0.454 e. The first-order valence-electron chi connectivity index (χ1n) is 6.38. The van der Waals surface area contributed by atoms with Crippen molar-refractivity contribution >= 4 is 38.5 Å². The van der Waals surface area contributed by atoms with Crippen LogP contribution in [0, 0.1) is 0 Å². The van der Waals surface area contributed by atoms with Crippen LogP contribution in [0.1, 0.15) is 19.2 Å². The van der Waals surface area contributed by atoms with E-state index in [0.717, 1.165) is 45.7 Å². The molecule has 0 saturated carbocycles. The lowest BCUT2D eigenvalue weighted by Crippen LogP contribution is -1.96. The minimum atomic E-state index is 0.695. The Labute approximate surface area is 130 Å². The van der Waals surface area contributed by atoms with Crippen LogP contribution in [0.3, 0.4) is 0 Å². The molecule has 0 aliphatic rings. The number of nitrogens with zero attached hydrogens (tertiary/aromatic N) is 2. The zero-order chi connectivity index (χ0) is 14.1. The minimum Gasteiger partial charge on any atom is -0.454 e. The Morgan fingerprint density at radius 1 is 1.20 bits per heavy atom. The molecule has 2 heterocycles. The van der Waals surface area contributed by atoms with E-state index >= 15 is 0 Å². The summed E-state index contributed by atoms with van der Waals surface area (Å²) in [6.45, 7) is 2.10. The second kappa shape index (κ2) is 5.54. The lowest BCUT2D eigenvalue weighted by Gasteiger charge is -2.01. The van der Waals surface area contributed by atoms with Gasteiger partial charge in [0, 0.05) is 22.9 Å². The van der Waals surface area contributed by atoms with E-state index in [1.165, 1.54) is 0 Å². The average molecular weight is 352 g/mol. The summed E-state index contributed by atoms with van der Waals surface area (Å²) in [5.41, 5.74) is 1.58. The highest BCUT2D eigenvalue weighted by atomic mass is 79.9. The fraction of sp³-hybridized carbons (Fsp3) is 0.200. The van der Waals surface area contributed by atoms with Crippen molar-refractivity contribution < 1.29 is 4.42 Å². The summed E-state index contributed by atoms with van der Waals surface area (Å²) in [6.07, 6.45) is 1.85. The molecule has 0 spiro atoms. The Kier molecular flexibility index (Phi) is 3.76. The number of rotatable bonds is 3. The molecule has 0 fully saturated rings. The van der Waals surface area contributed by atoms with Crippen molar-refractivity contribution in [2.75, 3.05) is 0 Å². The maximum absolute atomic E-state index is 5.99. The van der Waals surface area contributed by atoms with Crippen LogP contribution in [0.25, 0.3) is 22.4 Å². The third-order valence-electron chi connectivity index (χ3n) is 2.95. The lowest BCUT2D eigenvalue weighted by molar-refractivity contribution is 0.627. The van der Waals surface area contributed by atoms with Crippen LogP contribution in [0.15, 0.2) is 39.4 Å². The van der Waals surface area contributed by atoms with Gasteiger partial charge in [-0.2, -0.15) is 0 Å². The van der Waals surface area contributed by atoms with Gasteiger partial charge in [0.2, 0.25) is 0 Å². The predicted molar refractivity (Wildman–Crippen MR) is 83.9 cm³/mol. The summed E-state index contributed by atoms with van der Waals surface area (Å²) in [4.78, 5) is 8.90. The molecule has 0 atom stereocenters. The molecule has 1 aromatic carbocycles. The van der Waals surface area contributed by atoms with E-state index in [0.29, 0.717) is 5.02 Å². The molecule has 5 heteroatoms. The number of benzene rings is 1. The van der Waals surface area contributed by atoms with Gasteiger partial charge in [-0.25, -0.2) is 9.97 Å². The molecule has 20 heavy (non-hydrogen) atoms. The van der Waals surface area contributed by atoms with E-state index in [2.05, 4.69) is 32.8 Å². The van der Waals surface area contributed by atoms with Crippen molar-refractivity contribution in [3.63, 3.8) is 0 Å². The van der Waals surface area contributed by atoms with E-state index in [4.69, 9.17) is 16.0 Å². The Morgan fingerprint density at radius 2 is 2.05 bits per heavy atom. The topological polar surface area (TPSA) is 38.9 Å². The monoisotopic (exact) mass is 350 g/mol. The van der Waals surface area contributed by atoms with Gasteiger partial charge in [-0.15, -0.1) is 0 Å². The van der Waals surface area contributed by atoms with Crippen molar-refractivity contribution in [1.29, 1.82) is 0 Å². The summed E-state index contributed by atoms with van der Waals surface area (Å²) in [6, 6.07) is 9.37. The molecule has 0 radical (unpaired) electrons. The first kappa shape index (κ1) is 13.6. The van der Waals surface area contributed by atoms with Crippen LogP contribution in [0.2, 0.25) is 5.02 Å². The summed E-state index contributed by atoms with van der Waals surface area (Å²) in [5.74, 6) is 1.54. The zero-order valence-electron chi connectivity index (χ0n) is 10.9. The minimum absolute atomic E-state index is 0.695. The predicted octanol–water partition coefficient (Wildman–Crippen LogP) is 5.26. The fourth-order valence-electron chi connectivity index (χ4n) is 2.07. The standard InChI is InChI=1S/C15H12BrClN2O/c1-2-3-15-18-11(8-14(16)19-15)13-7-9-6-10(17)4-5-12(9)20-13/h4-8H,2-3H2,1H3. The van der Waals surface area contributed by atoms with Gasteiger partial charge in [0.1, 0.15) is 21.7 Å². The highest BCUT2D eigenvalue weighted by molar-refractivity contribution is 9.10. The van der Waals surface area contributed by atoms with Gasteiger partial charge in [0.15, 0.2) is 5.76 Å². The second-order valence-corrected chi connectivity index (χ2v) is 5.78. The molecule has 0 bridgehead atoms. The SMILES string of the molecule is CCCc1nc(Br)cc(-c2cc3cc(Cl)ccc3o2)n1. The van der Waals surface area contributed by atoms with Crippen LogP contribution in [-0.2, 0) is 6.42 Å². The summed E-state index contributed by atoms with van der Waals surface area (Å²) in [5, 5.41) is 1.67. The molecule has 3 rings (SSSR count). The van der Waals surface area contributed by atoms with Gasteiger partial charge in [-0.3, -0.25) is 0 Å². The molecule has 0 unspecified atom stereocenters. The molecule has 0 N–H and O–H groups in total. The molecular formula is C15H12BrClN2O. The molecule has 102 valence electrons. The zero-order valence-corrected chi connectivity index (χ0v) is 13.2. The van der Waals surface area contributed by atoms with Gasteiger partial charge in [0.25, 0.3) is 0 Å². The van der Waals surface area contributed by atoms with E-state index in [1.807, 2.05) is 30.3 Å². The number of fused-ring (bicyclic) bond motifs is 1. The average Bonchev–Trinajstić information content (AvgIpc) is 2.81. The van der Waals surface area contributed by atoms with E-state index in [-0.39, 0.29) is 0 Å². The van der Waals surface area contributed by atoms with Gasteiger partial charge < -0.3 is 4.42 Å². The third-order valence-corrected chi connectivity index (χ3v) is 3.59. The Bertz CT molecular complexity index is 770. The number of hydrogen-bond acceptors (Lipinski definition) is 3. The maximum atomic E-state index is 5.99. The Morgan fingerprint density at radius 3 is 2.85 bits per heavy atom. The quantitative estimate of drug-likeness (QED) is 0.604. The number of hydrogen-bond donors (Lipinski definition) is 0. The van der Waals surface area contributed by atoms with E-state index in [9.17, 15) is 0 Å². The number of aryl methyl sites for hydroxylation is 1. The maximum Gasteiger partial charge on any atom is 0.153 e. The normalized spacial score (nSPS) is 11.2. The van der Waals surface area contributed by atoms with Crippen LogP contribution in [-0.4, -0.2) is 9.97 Å². The van der Waals surface area contributed by atoms with Gasteiger partial charge in [0.05, 0.1) is 0 Å². The Hall–Kier alpha value is -1.39. The van der Waals surface area contributed by atoms with Gasteiger partial charge in [-0.05, 0) is 46.6 Å². The van der Waals surface area contributed by atoms with E-state index in [1.54, 1.807) is 0 Å². The number of furan rings is 1. The first-order chi connectivity index (χ1) is 9.65. The van der Waals surface area contributed by atoms with Gasteiger partial charge in [-0.1, -0.05) is 18.5 Å². The summed E-state index contributed by atoms with van der Waals surface area (Å²) < 4.78 is 6.60. The van der Waals surface area contributed by atoms with Crippen molar-refractivity contribution in [2.45, 2.75) is 19.8 Å². The first-order valence-corrected chi connectivity index (χ1v) is 7.55. The summed E-state index contributed by atoms with van der Waals surface area (Å²) in [7, 11) is 0. The van der Waals surface area contributed by atoms with Gasteiger partial charge >= 0.3 is 0 Å². The molecular weight excluding hydrogens is 340 g/mol. The third kappa shape index (κ3) is 2.72. The molecule has 3 aromatic rings. The van der Waals surface area contributed by atoms with Crippen LogP contribution in [0.5, 0.6) is 0 Å². The molecule has 0 amide bonds. The van der Waals surface area contributed by atoms with Crippen LogP contribution >= 0.6 is 27.5 Å². The highest BCUT2D eigenvalue weighted by Gasteiger charge is 2.10. The molecule has 0 aliphatic heterocycles. The fourth-order valence-corrected chi connectivity index (χ4v) is 2.67. The van der Waals surface area contributed by atoms with Crippen LogP contribution < -0.4 is 0 Å². The molecule has 0 saturated heterocycles. The van der Waals surface area contributed by atoms with Crippen LogP contribution in [0.4, 0.5) is 0 Å². The molecule has 3 nitrogen and oxygen atoms in total. The molecule has 2 aromatic heterocycles. The van der Waals surface area contributed by atoms with Crippen molar-refractivity contribution in [3.8, 4) is 11.5 Å². The number of halogens is 2. The lowest BCUT2D eigenvalue weighted by atomic mass is 10.2. The van der Waals surface area contributed by atoms with E-state index < -0.39 is 0 Å². The highest BCUT2D eigenvalue weighted by Crippen LogP contribution is 2.29. The van der Waals surface area contributed by atoms with Crippen molar-refractivity contribution in [3.05, 3.63) is 45.8 Å². The van der Waals surface area contributed by atoms with Crippen molar-refractivity contribution in [2.24, 2.45) is 0 Å². The smallest absolute Gasteiger partial charge is 0.153 e. The van der Waals surface area contributed by atoms with Crippen molar-refractivity contribution in [1.82, 2.24) is 9.97 Å². The molecule has 0 aliphatic carbocycles.